The number of amides is 2. The molecule has 0 saturated carbocycles. The topological polar surface area (TPSA) is 81.4 Å². The summed E-state index contributed by atoms with van der Waals surface area (Å²) in [6, 6.07) is 14.2. The van der Waals surface area contributed by atoms with Crippen molar-refractivity contribution >= 4 is 11.8 Å². The molecule has 0 saturated heterocycles. The van der Waals surface area contributed by atoms with Gasteiger partial charge in [-0.1, -0.05) is 36.4 Å². The van der Waals surface area contributed by atoms with Crippen LogP contribution in [-0.2, 0) is 0 Å². The third-order valence-corrected chi connectivity index (χ3v) is 3.38. The number of methoxy groups -OCH3 is 1. The number of ether oxygens (including phenoxy) is 1. The van der Waals surface area contributed by atoms with Crippen molar-refractivity contribution in [2.75, 3.05) is 7.11 Å². The average Bonchev–Trinajstić information content (AvgIpc) is 2.54. The minimum atomic E-state index is -0.636. The van der Waals surface area contributed by atoms with E-state index in [1.807, 2.05) is 37.3 Å². The summed E-state index contributed by atoms with van der Waals surface area (Å²) in [5, 5.41) is 2.88. The van der Waals surface area contributed by atoms with Gasteiger partial charge in [-0.2, -0.15) is 0 Å². The molecule has 0 unspecified atom stereocenters. The van der Waals surface area contributed by atoms with Crippen LogP contribution in [0.25, 0.3) is 0 Å². The molecule has 2 aromatic carbocycles. The maximum atomic E-state index is 12.4. The lowest BCUT2D eigenvalue weighted by molar-refractivity contribution is 0.0936. The number of hydrogen-bond donors (Lipinski definition) is 2. The number of para-hydroxylation sites is 1. The maximum absolute atomic E-state index is 12.4. The van der Waals surface area contributed by atoms with Crippen LogP contribution in [0.15, 0.2) is 48.5 Å². The van der Waals surface area contributed by atoms with E-state index in [0.29, 0.717) is 0 Å². The van der Waals surface area contributed by atoms with Gasteiger partial charge in [0.05, 0.1) is 24.3 Å². The molecule has 5 nitrogen and oxygen atoms in total. The molecule has 2 aromatic rings. The minimum absolute atomic E-state index is 0.171. The van der Waals surface area contributed by atoms with Gasteiger partial charge in [-0.3, -0.25) is 9.59 Å². The molecule has 0 spiro atoms. The number of carbonyl (C=O) groups is 2. The fourth-order valence-electron chi connectivity index (χ4n) is 2.23. The Morgan fingerprint density at radius 3 is 2.27 bits per heavy atom. The molecular formula is C17H18N2O3. The van der Waals surface area contributed by atoms with Crippen molar-refractivity contribution in [1.29, 1.82) is 0 Å². The second-order valence-electron chi connectivity index (χ2n) is 4.86. The lowest BCUT2D eigenvalue weighted by Gasteiger charge is -2.16. The summed E-state index contributed by atoms with van der Waals surface area (Å²) >= 11 is 0. The van der Waals surface area contributed by atoms with Gasteiger partial charge in [-0.25, -0.2) is 0 Å². The maximum Gasteiger partial charge on any atom is 0.255 e. The van der Waals surface area contributed by atoms with E-state index in [1.165, 1.54) is 13.2 Å². The normalized spacial score (nSPS) is 11.5. The molecule has 5 heteroatoms. The quantitative estimate of drug-likeness (QED) is 0.888. The highest BCUT2D eigenvalue weighted by atomic mass is 16.5. The van der Waals surface area contributed by atoms with Gasteiger partial charge < -0.3 is 15.8 Å². The van der Waals surface area contributed by atoms with Gasteiger partial charge >= 0.3 is 0 Å². The molecule has 0 aromatic heterocycles. The summed E-state index contributed by atoms with van der Waals surface area (Å²) < 4.78 is 5.18. The third-order valence-electron chi connectivity index (χ3n) is 3.38. The molecule has 0 aliphatic carbocycles. The van der Waals surface area contributed by atoms with Crippen molar-refractivity contribution in [3.05, 3.63) is 65.2 Å². The van der Waals surface area contributed by atoms with Crippen LogP contribution in [0.1, 0.15) is 39.2 Å². The highest BCUT2D eigenvalue weighted by molar-refractivity contribution is 6.03. The number of nitrogens with two attached hydrogens (primary N) is 1. The van der Waals surface area contributed by atoms with Crippen LogP contribution >= 0.6 is 0 Å². The predicted octanol–water partition coefficient (Wildman–Crippen LogP) is 2.29. The fraction of sp³-hybridized carbons (Fsp3) is 0.176. The van der Waals surface area contributed by atoms with E-state index in [0.717, 1.165) is 5.56 Å². The van der Waals surface area contributed by atoms with E-state index in [2.05, 4.69) is 5.32 Å². The van der Waals surface area contributed by atoms with Gasteiger partial charge in [0.2, 0.25) is 0 Å². The Morgan fingerprint density at radius 1 is 1.05 bits per heavy atom. The predicted molar refractivity (Wildman–Crippen MR) is 83.8 cm³/mol. The Bertz CT molecular complexity index is 684. The molecule has 0 radical (unpaired) electrons. The highest BCUT2D eigenvalue weighted by Crippen LogP contribution is 2.24. The van der Waals surface area contributed by atoms with Crippen LogP contribution in [-0.4, -0.2) is 18.9 Å². The van der Waals surface area contributed by atoms with E-state index < -0.39 is 5.91 Å². The summed E-state index contributed by atoms with van der Waals surface area (Å²) in [5.74, 6) is -0.772. The average molecular weight is 298 g/mol. The van der Waals surface area contributed by atoms with E-state index in [1.54, 1.807) is 12.1 Å². The first-order valence-electron chi connectivity index (χ1n) is 6.87. The Balaban J connectivity index is 2.27. The number of primary amides is 1. The molecular weight excluding hydrogens is 280 g/mol. The fourth-order valence-corrected chi connectivity index (χ4v) is 2.23. The lowest BCUT2D eigenvalue weighted by atomic mass is 10.1. The smallest absolute Gasteiger partial charge is 0.255 e. The van der Waals surface area contributed by atoms with Crippen molar-refractivity contribution in [3.63, 3.8) is 0 Å². The Morgan fingerprint density at radius 2 is 1.68 bits per heavy atom. The SMILES string of the molecule is COc1c(C(N)=O)cccc1C(=O)N[C@H](C)c1ccccc1. The summed E-state index contributed by atoms with van der Waals surface area (Å²) in [5.41, 5.74) is 6.75. The zero-order chi connectivity index (χ0) is 16.1. The second-order valence-corrected chi connectivity index (χ2v) is 4.86. The Hall–Kier alpha value is -2.82. The van der Waals surface area contributed by atoms with Crippen LogP contribution in [0.2, 0.25) is 0 Å². The Labute approximate surface area is 129 Å². The summed E-state index contributed by atoms with van der Waals surface area (Å²) in [7, 11) is 1.40. The van der Waals surface area contributed by atoms with E-state index in [9.17, 15) is 9.59 Å². The summed E-state index contributed by atoms with van der Waals surface area (Å²) in [6.07, 6.45) is 0. The van der Waals surface area contributed by atoms with Crippen molar-refractivity contribution in [2.24, 2.45) is 5.73 Å². The van der Waals surface area contributed by atoms with Crippen LogP contribution in [0.3, 0.4) is 0 Å². The number of carbonyl (C=O) groups excluding carboxylic acids is 2. The highest BCUT2D eigenvalue weighted by Gasteiger charge is 2.19. The molecule has 114 valence electrons. The third kappa shape index (κ3) is 3.25. The molecule has 0 heterocycles. The molecule has 0 aliphatic heterocycles. The van der Waals surface area contributed by atoms with Crippen LogP contribution < -0.4 is 15.8 Å². The number of hydrogen-bond acceptors (Lipinski definition) is 3. The zero-order valence-corrected chi connectivity index (χ0v) is 12.5. The van der Waals surface area contributed by atoms with E-state index in [-0.39, 0.29) is 28.8 Å². The second kappa shape index (κ2) is 6.76. The van der Waals surface area contributed by atoms with Gasteiger partial charge in [0, 0.05) is 0 Å². The van der Waals surface area contributed by atoms with Crippen LogP contribution in [0.4, 0.5) is 0 Å². The van der Waals surface area contributed by atoms with Crippen molar-refractivity contribution < 1.29 is 14.3 Å². The van der Waals surface area contributed by atoms with Crippen molar-refractivity contribution in [1.82, 2.24) is 5.32 Å². The van der Waals surface area contributed by atoms with Crippen molar-refractivity contribution in [3.8, 4) is 5.75 Å². The zero-order valence-electron chi connectivity index (χ0n) is 12.5. The molecule has 2 rings (SSSR count). The molecule has 0 fully saturated rings. The number of rotatable bonds is 5. The van der Waals surface area contributed by atoms with Crippen LogP contribution in [0, 0.1) is 0 Å². The van der Waals surface area contributed by atoms with Crippen molar-refractivity contribution in [2.45, 2.75) is 13.0 Å². The summed E-state index contributed by atoms with van der Waals surface area (Å²) in [4.78, 5) is 23.8. The first kappa shape index (κ1) is 15.6. The van der Waals surface area contributed by atoms with E-state index >= 15 is 0 Å². The lowest BCUT2D eigenvalue weighted by Crippen LogP contribution is -2.27. The molecule has 22 heavy (non-hydrogen) atoms. The number of nitrogens with one attached hydrogen (secondary N) is 1. The molecule has 3 N–H and O–H groups in total. The van der Waals surface area contributed by atoms with Crippen LogP contribution in [0.5, 0.6) is 5.75 Å². The molecule has 2 amide bonds. The summed E-state index contributed by atoms with van der Waals surface area (Å²) in [6.45, 7) is 1.89. The largest absolute Gasteiger partial charge is 0.495 e. The standard InChI is InChI=1S/C17H18N2O3/c1-11(12-7-4-3-5-8-12)19-17(21)14-10-6-9-13(16(18)20)15(14)22-2/h3-11H,1-2H3,(H2,18,20)(H,19,21)/t11-/m1/s1. The van der Waals surface area contributed by atoms with Gasteiger partial charge in [-0.05, 0) is 24.6 Å². The molecule has 0 bridgehead atoms. The minimum Gasteiger partial charge on any atom is -0.495 e. The Kier molecular flexibility index (Phi) is 4.78. The van der Waals surface area contributed by atoms with Gasteiger partial charge in [0.25, 0.3) is 11.8 Å². The first-order chi connectivity index (χ1) is 10.5. The van der Waals surface area contributed by atoms with E-state index in [4.69, 9.17) is 10.5 Å². The first-order valence-corrected chi connectivity index (χ1v) is 6.87. The molecule has 0 aliphatic rings. The van der Waals surface area contributed by atoms with Gasteiger partial charge in [0.15, 0.2) is 0 Å². The van der Waals surface area contributed by atoms with Gasteiger partial charge in [0.1, 0.15) is 5.75 Å². The van der Waals surface area contributed by atoms with Gasteiger partial charge in [-0.15, -0.1) is 0 Å². The monoisotopic (exact) mass is 298 g/mol. The molecule has 1 atom stereocenters. The number of benzene rings is 2.